The van der Waals surface area contributed by atoms with Crippen molar-refractivity contribution in [3.63, 3.8) is 0 Å². The highest BCUT2D eigenvalue weighted by atomic mass is 16.5. The number of imidazole rings is 1. The van der Waals surface area contributed by atoms with Crippen molar-refractivity contribution >= 4 is 16.9 Å². The molecule has 6 nitrogen and oxygen atoms in total. The first-order valence-corrected chi connectivity index (χ1v) is 7.67. The Balaban J connectivity index is 0.000000217. The normalized spacial score (nSPS) is 17.5. The fourth-order valence-corrected chi connectivity index (χ4v) is 2.34. The van der Waals surface area contributed by atoms with Gasteiger partial charge in [-0.15, -0.1) is 0 Å². The third-order valence-corrected chi connectivity index (χ3v) is 4.00. The molecule has 2 aromatic rings. The van der Waals surface area contributed by atoms with Gasteiger partial charge in [-0.05, 0) is 31.7 Å². The fourth-order valence-electron chi connectivity index (χ4n) is 2.34. The van der Waals surface area contributed by atoms with Crippen LogP contribution in [0.1, 0.15) is 45.6 Å². The molecule has 0 spiro atoms. The SMILES string of the molecule is CCC(O)(O)CC.Nc1nccc2c1ncn2C1C=CCC1. The third-order valence-electron chi connectivity index (χ3n) is 4.00. The summed E-state index contributed by atoms with van der Waals surface area (Å²) in [5.41, 5.74) is 7.64. The number of hydrogen-bond acceptors (Lipinski definition) is 5. The van der Waals surface area contributed by atoms with E-state index in [0.717, 1.165) is 23.9 Å². The van der Waals surface area contributed by atoms with Crippen molar-refractivity contribution in [2.45, 2.75) is 51.4 Å². The van der Waals surface area contributed by atoms with Crippen molar-refractivity contribution in [3.8, 4) is 0 Å². The Kier molecular flexibility index (Phi) is 5.15. The number of aromatic nitrogens is 3. The third kappa shape index (κ3) is 3.64. The maximum atomic E-state index is 8.69. The van der Waals surface area contributed by atoms with E-state index in [-0.39, 0.29) is 0 Å². The first kappa shape index (κ1) is 16.5. The van der Waals surface area contributed by atoms with Gasteiger partial charge in [0.05, 0.1) is 17.9 Å². The van der Waals surface area contributed by atoms with Crippen LogP contribution in [0.5, 0.6) is 0 Å². The maximum Gasteiger partial charge on any atom is 0.161 e. The average Bonchev–Trinajstić information content (AvgIpc) is 3.17. The number of nitrogens with two attached hydrogens (primary N) is 1. The van der Waals surface area contributed by atoms with Crippen LogP contribution in [0.2, 0.25) is 0 Å². The van der Waals surface area contributed by atoms with Gasteiger partial charge in [0.2, 0.25) is 0 Å². The summed E-state index contributed by atoms with van der Waals surface area (Å²) in [6.45, 7) is 3.48. The molecular formula is C16H24N4O2. The van der Waals surface area contributed by atoms with Crippen LogP contribution < -0.4 is 5.73 Å². The number of nitrogen functional groups attached to an aromatic ring is 1. The van der Waals surface area contributed by atoms with Crippen LogP contribution in [0.15, 0.2) is 30.7 Å². The predicted octanol–water partition coefficient (Wildman–Crippen LogP) is 2.39. The molecule has 0 saturated heterocycles. The molecule has 2 heterocycles. The quantitative estimate of drug-likeness (QED) is 0.597. The standard InChI is InChI=1S/C11H12N4.C5H12O2/c12-11-10-9(5-6-13-11)15(7-14-10)8-3-1-2-4-8;1-3-5(6,7)4-2/h1,3,5-8H,2,4H2,(H2,12,13);6-7H,3-4H2,1-2H3. The molecule has 0 aliphatic heterocycles. The Morgan fingerprint density at radius 2 is 2.05 bits per heavy atom. The first-order valence-electron chi connectivity index (χ1n) is 7.67. The molecule has 1 aliphatic carbocycles. The fraction of sp³-hybridized carbons (Fsp3) is 0.500. The molecule has 1 aliphatic rings. The van der Waals surface area contributed by atoms with E-state index in [9.17, 15) is 0 Å². The molecule has 0 radical (unpaired) electrons. The number of pyridine rings is 1. The molecule has 0 amide bonds. The summed E-state index contributed by atoms with van der Waals surface area (Å²) < 4.78 is 2.16. The lowest BCUT2D eigenvalue weighted by molar-refractivity contribution is -0.163. The lowest BCUT2D eigenvalue weighted by atomic mass is 10.2. The summed E-state index contributed by atoms with van der Waals surface area (Å²) in [5, 5.41) is 17.4. The molecular weight excluding hydrogens is 280 g/mol. The number of anilines is 1. The van der Waals surface area contributed by atoms with E-state index in [0.29, 0.717) is 24.7 Å². The summed E-state index contributed by atoms with van der Waals surface area (Å²) in [5.74, 6) is -0.909. The Bertz CT molecular complexity index is 643. The average molecular weight is 304 g/mol. The number of nitrogens with zero attached hydrogens (tertiary/aromatic N) is 3. The van der Waals surface area contributed by atoms with E-state index >= 15 is 0 Å². The van der Waals surface area contributed by atoms with Gasteiger partial charge in [0, 0.05) is 6.20 Å². The zero-order valence-corrected chi connectivity index (χ0v) is 13.1. The number of allylic oxidation sites excluding steroid dienone is 2. The maximum absolute atomic E-state index is 8.69. The van der Waals surface area contributed by atoms with Gasteiger partial charge in [0.25, 0.3) is 0 Å². The molecule has 1 atom stereocenters. The van der Waals surface area contributed by atoms with Gasteiger partial charge in [-0.2, -0.15) is 0 Å². The van der Waals surface area contributed by atoms with E-state index in [4.69, 9.17) is 15.9 Å². The van der Waals surface area contributed by atoms with E-state index in [2.05, 4.69) is 26.7 Å². The zero-order chi connectivity index (χ0) is 16.2. The van der Waals surface area contributed by atoms with Gasteiger partial charge >= 0.3 is 0 Å². The van der Waals surface area contributed by atoms with Gasteiger partial charge < -0.3 is 20.5 Å². The summed E-state index contributed by atoms with van der Waals surface area (Å²) in [7, 11) is 0. The smallest absolute Gasteiger partial charge is 0.161 e. The molecule has 3 rings (SSSR count). The van der Waals surface area contributed by atoms with Gasteiger partial charge in [-0.25, -0.2) is 9.97 Å². The van der Waals surface area contributed by atoms with Crippen LogP contribution in [-0.4, -0.2) is 30.5 Å². The van der Waals surface area contributed by atoms with Crippen molar-refractivity contribution in [1.82, 2.24) is 14.5 Å². The minimum absolute atomic E-state index is 0.406. The second kappa shape index (κ2) is 6.89. The molecule has 6 heteroatoms. The number of hydrogen-bond donors (Lipinski definition) is 3. The predicted molar refractivity (Wildman–Crippen MR) is 87.1 cm³/mol. The van der Waals surface area contributed by atoms with Crippen molar-refractivity contribution < 1.29 is 10.2 Å². The summed E-state index contributed by atoms with van der Waals surface area (Å²) in [4.78, 5) is 8.34. The van der Waals surface area contributed by atoms with Crippen LogP contribution in [0.25, 0.3) is 11.0 Å². The van der Waals surface area contributed by atoms with Crippen molar-refractivity contribution in [2.24, 2.45) is 0 Å². The second-order valence-corrected chi connectivity index (χ2v) is 5.48. The van der Waals surface area contributed by atoms with Crippen molar-refractivity contribution in [2.75, 3.05) is 5.73 Å². The summed E-state index contributed by atoms with van der Waals surface area (Å²) in [6.07, 6.45) is 11.1. The van der Waals surface area contributed by atoms with Crippen LogP contribution in [0.3, 0.4) is 0 Å². The Labute approximate surface area is 130 Å². The van der Waals surface area contributed by atoms with E-state index < -0.39 is 5.79 Å². The van der Waals surface area contributed by atoms with E-state index in [1.54, 1.807) is 20.0 Å². The van der Waals surface area contributed by atoms with E-state index in [1.807, 2.05) is 12.4 Å². The molecule has 0 aromatic carbocycles. The highest BCUT2D eigenvalue weighted by Crippen LogP contribution is 2.27. The van der Waals surface area contributed by atoms with Crippen LogP contribution >= 0.6 is 0 Å². The van der Waals surface area contributed by atoms with Crippen molar-refractivity contribution in [1.29, 1.82) is 0 Å². The van der Waals surface area contributed by atoms with Crippen molar-refractivity contribution in [3.05, 3.63) is 30.7 Å². The summed E-state index contributed by atoms with van der Waals surface area (Å²) >= 11 is 0. The van der Waals surface area contributed by atoms with Gasteiger partial charge in [-0.3, -0.25) is 0 Å². The highest BCUT2D eigenvalue weighted by Gasteiger charge is 2.15. The summed E-state index contributed by atoms with van der Waals surface area (Å²) in [6, 6.07) is 2.39. The Morgan fingerprint density at radius 1 is 1.32 bits per heavy atom. The van der Waals surface area contributed by atoms with Crippen LogP contribution in [0, 0.1) is 0 Å². The molecule has 120 valence electrons. The lowest BCUT2D eigenvalue weighted by Crippen LogP contribution is -2.24. The topological polar surface area (TPSA) is 97.2 Å². The minimum Gasteiger partial charge on any atom is -0.382 e. The molecule has 0 fully saturated rings. The van der Waals surface area contributed by atoms with Gasteiger partial charge in [0.15, 0.2) is 11.6 Å². The highest BCUT2D eigenvalue weighted by molar-refractivity contribution is 5.84. The molecule has 0 bridgehead atoms. The molecule has 4 N–H and O–H groups in total. The van der Waals surface area contributed by atoms with Gasteiger partial charge in [0.1, 0.15) is 5.52 Å². The van der Waals surface area contributed by atoms with Gasteiger partial charge in [-0.1, -0.05) is 26.0 Å². The monoisotopic (exact) mass is 304 g/mol. The van der Waals surface area contributed by atoms with Crippen LogP contribution in [-0.2, 0) is 0 Å². The molecule has 22 heavy (non-hydrogen) atoms. The lowest BCUT2D eigenvalue weighted by Gasteiger charge is -2.15. The second-order valence-electron chi connectivity index (χ2n) is 5.48. The zero-order valence-electron chi connectivity index (χ0n) is 13.1. The van der Waals surface area contributed by atoms with E-state index in [1.165, 1.54) is 0 Å². The molecule has 1 unspecified atom stereocenters. The van der Waals surface area contributed by atoms with Crippen LogP contribution in [0.4, 0.5) is 5.82 Å². The largest absolute Gasteiger partial charge is 0.382 e. The molecule has 0 saturated carbocycles. The Hall–Kier alpha value is -1.92. The first-order chi connectivity index (χ1) is 10.5. The number of rotatable bonds is 3. The minimum atomic E-state index is -1.42. The Morgan fingerprint density at radius 3 is 2.59 bits per heavy atom. The molecule has 2 aromatic heterocycles. The number of aliphatic hydroxyl groups is 2. The number of fused-ring (bicyclic) bond motifs is 1.